The van der Waals surface area contributed by atoms with Crippen LogP contribution in [-0.4, -0.2) is 47.3 Å². The molecule has 1 aromatic carbocycles. The zero-order valence-electron chi connectivity index (χ0n) is 11.2. The number of nitrogens with zero attached hydrogens (tertiary/aromatic N) is 1. The van der Waals surface area contributed by atoms with Gasteiger partial charge >= 0.3 is 12.0 Å². The number of aliphatic carboxylic acids is 1. The second kappa shape index (κ2) is 6.21. The summed E-state index contributed by atoms with van der Waals surface area (Å²) in [6, 6.07) is 4.81. The molecule has 1 aliphatic rings. The minimum atomic E-state index is -1.03. The van der Waals surface area contributed by atoms with Crippen molar-refractivity contribution in [1.29, 1.82) is 0 Å². The number of halogens is 2. The Kier molecular flexibility index (Phi) is 4.75. The summed E-state index contributed by atoms with van der Waals surface area (Å²) < 4.78 is 5.98. The first-order valence-corrected chi connectivity index (χ1v) is 7.33. The molecule has 0 atom stereocenters. The van der Waals surface area contributed by atoms with Crippen molar-refractivity contribution in [3.8, 4) is 0 Å². The fourth-order valence-corrected chi connectivity index (χ4v) is 2.54. The van der Waals surface area contributed by atoms with Crippen molar-refractivity contribution in [3.63, 3.8) is 0 Å². The topological polar surface area (TPSA) is 78.9 Å². The van der Waals surface area contributed by atoms with Crippen LogP contribution in [0.2, 0.25) is 5.02 Å². The van der Waals surface area contributed by atoms with Gasteiger partial charge in [0, 0.05) is 9.50 Å². The van der Waals surface area contributed by atoms with E-state index in [1.807, 2.05) is 0 Å². The second-order valence-corrected chi connectivity index (χ2v) is 6.33. The molecule has 6 nitrogen and oxygen atoms in total. The van der Waals surface area contributed by atoms with E-state index >= 15 is 0 Å². The number of anilines is 1. The normalized spacial score (nSPS) is 16.2. The molecule has 21 heavy (non-hydrogen) atoms. The number of hydrogen-bond donors (Lipinski definition) is 2. The summed E-state index contributed by atoms with van der Waals surface area (Å²) in [7, 11) is 0. The molecule has 0 spiro atoms. The predicted molar refractivity (Wildman–Crippen MR) is 81.7 cm³/mol. The second-order valence-electron chi connectivity index (χ2n) is 5.04. The van der Waals surface area contributed by atoms with Gasteiger partial charge in [0.1, 0.15) is 12.2 Å². The Morgan fingerprint density at radius 1 is 1.52 bits per heavy atom. The van der Waals surface area contributed by atoms with Crippen LogP contribution in [0.3, 0.4) is 0 Å². The number of hydrogen-bond acceptors (Lipinski definition) is 3. The van der Waals surface area contributed by atoms with Crippen LogP contribution >= 0.6 is 27.5 Å². The number of nitrogens with one attached hydrogen (secondary N) is 1. The molecule has 0 unspecified atom stereocenters. The fraction of sp³-hybridized carbons (Fsp3) is 0.385. The molecule has 114 valence electrons. The summed E-state index contributed by atoms with van der Waals surface area (Å²) in [5.74, 6) is -1.03. The first kappa shape index (κ1) is 16.1. The van der Waals surface area contributed by atoms with Crippen LogP contribution < -0.4 is 5.32 Å². The van der Waals surface area contributed by atoms with E-state index in [9.17, 15) is 9.59 Å². The standard InChI is InChI=1S/C13H14BrClN2O4/c1-13(21-5-11(18)19)6-17(7-13)12(20)16-10-4-8(15)2-3-9(10)14/h2-4H,5-7H2,1H3,(H,16,20)(H,18,19). The lowest BCUT2D eigenvalue weighted by atomic mass is 9.97. The zero-order valence-corrected chi connectivity index (χ0v) is 13.6. The molecule has 2 amide bonds. The van der Waals surface area contributed by atoms with E-state index in [2.05, 4.69) is 21.2 Å². The molecule has 0 bridgehead atoms. The molecule has 0 aliphatic carbocycles. The summed E-state index contributed by atoms with van der Waals surface area (Å²) in [6.07, 6.45) is 0. The first-order valence-electron chi connectivity index (χ1n) is 6.16. The Hall–Kier alpha value is -1.31. The van der Waals surface area contributed by atoms with Crippen molar-refractivity contribution < 1.29 is 19.4 Å². The van der Waals surface area contributed by atoms with Crippen LogP contribution in [0.25, 0.3) is 0 Å². The van der Waals surface area contributed by atoms with Gasteiger partial charge in [-0.1, -0.05) is 11.6 Å². The zero-order chi connectivity index (χ0) is 15.6. The van der Waals surface area contributed by atoms with Gasteiger partial charge in [0.05, 0.1) is 18.8 Å². The maximum absolute atomic E-state index is 12.1. The van der Waals surface area contributed by atoms with Gasteiger partial charge in [-0.25, -0.2) is 9.59 Å². The minimum absolute atomic E-state index is 0.283. The summed E-state index contributed by atoms with van der Waals surface area (Å²) in [5, 5.41) is 11.8. The van der Waals surface area contributed by atoms with Crippen LogP contribution in [0.4, 0.5) is 10.5 Å². The largest absolute Gasteiger partial charge is 0.480 e. The number of carbonyl (C=O) groups excluding carboxylic acids is 1. The Morgan fingerprint density at radius 3 is 2.81 bits per heavy atom. The molecule has 1 saturated heterocycles. The number of carboxylic acid groups (broad SMARTS) is 1. The average molecular weight is 378 g/mol. The quantitative estimate of drug-likeness (QED) is 0.846. The van der Waals surface area contributed by atoms with E-state index in [0.717, 1.165) is 4.47 Å². The van der Waals surface area contributed by atoms with Gasteiger partial charge in [-0.2, -0.15) is 0 Å². The lowest BCUT2D eigenvalue weighted by Gasteiger charge is -2.46. The number of carbonyl (C=O) groups is 2. The highest BCUT2D eigenvalue weighted by molar-refractivity contribution is 9.10. The third-order valence-electron chi connectivity index (χ3n) is 3.05. The maximum atomic E-state index is 12.1. The van der Waals surface area contributed by atoms with Crippen LogP contribution in [-0.2, 0) is 9.53 Å². The molecule has 8 heteroatoms. The SMILES string of the molecule is CC1(OCC(=O)O)CN(C(=O)Nc2cc(Cl)ccc2Br)C1. The molecule has 1 fully saturated rings. The van der Waals surface area contributed by atoms with Crippen LogP contribution in [0, 0.1) is 0 Å². The van der Waals surface area contributed by atoms with Crippen molar-refractivity contribution in [1.82, 2.24) is 4.90 Å². The van der Waals surface area contributed by atoms with Crippen LogP contribution in [0.5, 0.6) is 0 Å². The Bertz CT molecular complexity index is 575. The monoisotopic (exact) mass is 376 g/mol. The molecule has 1 aliphatic heterocycles. The van der Waals surface area contributed by atoms with E-state index in [1.165, 1.54) is 4.90 Å². The number of benzene rings is 1. The van der Waals surface area contributed by atoms with E-state index in [-0.39, 0.29) is 12.6 Å². The molecule has 0 radical (unpaired) electrons. The Labute approximate surface area is 135 Å². The summed E-state index contributed by atoms with van der Waals surface area (Å²) >= 11 is 9.21. The van der Waals surface area contributed by atoms with E-state index in [0.29, 0.717) is 23.8 Å². The number of carboxylic acids is 1. The van der Waals surface area contributed by atoms with Crippen molar-refractivity contribution >= 4 is 45.2 Å². The summed E-state index contributed by atoms with van der Waals surface area (Å²) in [4.78, 5) is 24.1. The Morgan fingerprint density at radius 2 is 2.19 bits per heavy atom. The number of urea groups is 1. The molecule has 2 rings (SSSR count). The minimum Gasteiger partial charge on any atom is -0.480 e. The number of amides is 2. The molecular formula is C13H14BrClN2O4. The van der Waals surface area contributed by atoms with Gasteiger partial charge < -0.3 is 20.1 Å². The predicted octanol–water partition coefficient (Wildman–Crippen LogP) is 2.81. The highest BCUT2D eigenvalue weighted by Crippen LogP contribution is 2.29. The van der Waals surface area contributed by atoms with Crippen LogP contribution in [0.15, 0.2) is 22.7 Å². The lowest BCUT2D eigenvalue weighted by Crippen LogP contribution is -2.64. The molecule has 0 saturated carbocycles. The first-order chi connectivity index (χ1) is 9.79. The van der Waals surface area contributed by atoms with E-state index < -0.39 is 11.6 Å². The lowest BCUT2D eigenvalue weighted by molar-refractivity contribution is -0.159. The third-order valence-corrected chi connectivity index (χ3v) is 3.98. The molecule has 1 aromatic rings. The number of ether oxygens (including phenoxy) is 1. The van der Waals surface area contributed by atoms with E-state index in [1.54, 1.807) is 25.1 Å². The summed E-state index contributed by atoms with van der Waals surface area (Å²) in [6.45, 7) is 2.08. The fourth-order valence-electron chi connectivity index (χ4n) is 2.02. The number of likely N-dealkylation sites (tertiary alicyclic amines) is 1. The smallest absolute Gasteiger partial charge is 0.329 e. The molecule has 0 aromatic heterocycles. The highest BCUT2D eigenvalue weighted by Gasteiger charge is 2.42. The third kappa shape index (κ3) is 4.09. The van der Waals surface area contributed by atoms with E-state index in [4.69, 9.17) is 21.4 Å². The summed E-state index contributed by atoms with van der Waals surface area (Å²) in [5.41, 5.74) is -0.0334. The Balaban J connectivity index is 1.89. The van der Waals surface area contributed by atoms with Crippen molar-refractivity contribution in [3.05, 3.63) is 27.7 Å². The highest BCUT2D eigenvalue weighted by atomic mass is 79.9. The average Bonchev–Trinajstić information content (AvgIpc) is 2.37. The van der Waals surface area contributed by atoms with Gasteiger partial charge in [-0.3, -0.25) is 0 Å². The van der Waals surface area contributed by atoms with Crippen molar-refractivity contribution in [2.24, 2.45) is 0 Å². The van der Waals surface area contributed by atoms with Crippen LogP contribution in [0.1, 0.15) is 6.92 Å². The number of rotatable bonds is 4. The van der Waals surface area contributed by atoms with Crippen molar-refractivity contribution in [2.75, 3.05) is 25.0 Å². The molecule has 2 N–H and O–H groups in total. The van der Waals surface area contributed by atoms with Crippen molar-refractivity contribution in [2.45, 2.75) is 12.5 Å². The van der Waals surface area contributed by atoms with Gasteiger partial charge in [0.2, 0.25) is 0 Å². The molecular weight excluding hydrogens is 364 g/mol. The van der Waals surface area contributed by atoms with Gasteiger partial charge in [-0.05, 0) is 41.1 Å². The molecule has 1 heterocycles. The van der Waals surface area contributed by atoms with Gasteiger partial charge in [-0.15, -0.1) is 0 Å². The maximum Gasteiger partial charge on any atom is 0.329 e. The van der Waals surface area contributed by atoms with Gasteiger partial charge in [0.25, 0.3) is 0 Å². The van der Waals surface area contributed by atoms with Gasteiger partial charge in [0.15, 0.2) is 0 Å².